The second-order valence-electron chi connectivity index (χ2n) is 5.00. The zero-order valence-corrected chi connectivity index (χ0v) is 12.4. The number of anilines is 1. The van der Waals surface area contributed by atoms with Crippen LogP contribution in [-0.2, 0) is 6.42 Å². The molecule has 4 heteroatoms. The molecule has 1 saturated carbocycles. The Labute approximate surface area is 114 Å². The molecule has 1 aliphatic carbocycles. The Kier molecular flexibility index (Phi) is 4.87. The molecule has 0 amide bonds. The van der Waals surface area contributed by atoms with Gasteiger partial charge in [-0.1, -0.05) is 6.92 Å². The quantitative estimate of drug-likeness (QED) is 0.905. The summed E-state index contributed by atoms with van der Waals surface area (Å²) in [6.45, 7) is 4.10. The van der Waals surface area contributed by atoms with Crippen LogP contribution in [0.25, 0.3) is 0 Å². The van der Waals surface area contributed by atoms with Gasteiger partial charge in [0.25, 0.3) is 0 Å². The van der Waals surface area contributed by atoms with Crippen molar-refractivity contribution in [3.8, 4) is 0 Å². The number of rotatable bonds is 4. The Bertz CT molecular complexity index is 387. The van der Waals surface area contributed by atoms with Gasteiger partial charge in [0.15, 0.2) is 0 Å². The summed E-state index contributed by atoms with van der Waals surface area (Å²) >= 11 is 2.01. The minimum Gasteiger partial charge on any atom is -0.367 e. The van der Waals surface area contributed by atoms with Gasteiger partial charge in [-0.3, -0.25) is 0 Å². The maximum absolute atomic E-state index is 4.49. The molecule has 1 heterocycles. The van der Waals surface area contributed by atoms with Gasteiger partial charge in [0.2, 0.25) is 0 Å². The van der Waals surface area contributed by atoms with Crippen LogP contribution in [0.5, 0.6) is 0 Å². The SMILES string of the molecule is CCc1cc(NC2CCC(SC)CC2)nc(C)n1. The van der Waals surface area contributed by atoms with Gasteiger partial charge in [0, 0.05) is 23.1 Å². The molecule has 18 heavy (non-hydrogen) atoms. The van der Waals surface area contributed by atoms with Crippen molar-refractivity contribution in [1.29, 1.82) is 0 Å². The van der Waals surface area contributed by atoms with Crippen LogP contribution in [0.3, 0.4) is 0 Å². The highest BCUT2D eigenvalue weighted by molar-refractivity contribution is 7.99. The molecule has 3 nitrogen and oxygen atoms in total. The van der Waals surface area contributed by atoms with Crippen molar-refractivity contribution in [2.24, 2.45) is 0 Å². The molecule has 0 atom stereocenters. The minimum absolute atomic E-state index is 0.590. The molecular weight excluding hydrogens is 242 g/mol. The molecule has 0 aliphatic heterocycles. The Morgan fingerprint density at radius 2 is 2.00 bits per heavy atom. The monoisotopic (exact) mass is 265 g/mol. The van der Waals surface area contributed by atoms with Crippen LogP contribution in [0, 0.1) is 6.92 Å². The summed E-state index contributed by atoms with van der Waals surface area (Å²) in [6.07, 6.45) is 8.36. The number of aromatic nitrogens is 2. The van der Waals surface area contributed by atoms with Crippen molar-refractivity contribution in [1.82, 2.24) is 9.97 Å². The zero-order valence-electron chi connectivity index (χ0n) is 11.6. The first kappa shape index (κ1) is 13.7. The van der Waals surface area contributed by atoms with E-state index in [4.69, 9.17) is 0 Å². The fraction of sp³-hybridized carbons (Fsp3) is 0.714. The average Bonchev–Trinajstić information content (AvgIpc) is 2.39. The summed E-state index contributed by atoms with van der Waals surface area (Å²) in [4.78, 5) is 8.90. The standard InChI is InChI=1S/C14H23N3S/c1-4-11-9-14(16-10(2)15-11)17-12-5-7-13(18-3)8-6-12/h9,12-13H,4-8H2,1-3H3,(H,15,16,17). The summed E-state index contributed by atoms with van der Waals surface area (Å²) in [6, 6.07) is 2.68. The fourth-order valence-electron chi connectivity index (χ4n) is 2.54. The normalized spacial score (nSPS) is 23.9. The van der Waals surface area contributed by atoms with Gasteiger partial charge in [-0.2, -0.15) is 11.8 Å². The molecule has 1 fully saturated rings. The molecule has 0 saturated heterocycles. The maximum atomic E-state index is 4.49. The third kappa shape index (κ3) is 3.61. The Balaban J connectivity index is 1.95. The Morgan fingerprint density at radius 3 is 2.61 bits per heavy atom. The van der Waals surface area contributed by atoms with E-state index < -0.39 is 0 Å². The Hall–Kier alpha value is -0.770. The molecule has 2 rings (SSSR count). The third-order valence-corrected chi connectivity index (χ3v) is 4.75. The summed E-state index contributed by atoms with van der Waals surface area (Å²) < 4.78 is 0. The van der Waals surface area contributed by atoms with E-state index in [1.54, 1.807) is 0 Å². The van der Waals surface area contributed by atoms with Gasteiger partial charge in [0.1, 0.15) is 11.6 Å². The van der Waals surface area contributed by atoms with Crippen molar-refractivity contribution in [2.45, 2.75) is 57.2 Å². The molecule has 0 aromatic carbocycles. The van der Waals surface area contributed by atoms with E-state index in [0.717, 1.165) is 29.0 Å². The molecule has 100 valence electrons. The second-order valence-corrected chi connectivity index (χ2v) is 6.14. The molecule has 1 aromatic rings. The summed E-state index contributed by atoms with van der Waals surface area (Å²) in [7, 11) is 0. The minimum atomic E-state index is 0.590. The summed E-state index contributed by atoms with van der Waals surface area (Å²) in [5.74, 6) is 1.88. The summed E-state index contributed by atoms with van der Waals surface area (Å²) in [5.41, 5.74) is 1.13. The van der Waals surface area contributed by atoms with Crippen molar-refractivity contribution >= 4 is 17.6 Å². The zero-order chi connectivity index (χ0) is 13.0. The molecule has 0 unspecified atom stereocenters. The fourth-order valence-corrected chi connectivity index (χ4v) is 3.28. The van der Waals surface area contributed by atoms with Crippen LogP contribution in [0.2, 0.25) is 0 Å². The van der Waals surface area contributed by atoms with Gasteiger partial charge in [-0.05, 0) is 45.3 Å². The first-order valence-corrected chi connectivity index (χ1v) is 8.14. The number of hydrogen-bond acceptors (Lipinski definition) is 4. The lowest BCUT2D eigenvalue weighted by Crippen LogP contribution is -2.27. The Morgan fingerprint density at radius 1 is 1.28 bits per heavy atom. The highest BCUT2D eigenvalue weighted by atomic mass is 32.2. The number of nitrogens with one attached hydrogen (secondary N) is 1. The summed E-state index contributed by atoms with van der Waals surface area (Å²) in [5, 5.41) is 4.44. The highest BCUT2D eigenvalue weighted by Gasteiger charge is 2.20. The van der Waals surface area contributed by atoms with Crippen molar-refractivity contribution < 1.29 is 0 Å². The van der Waals surface area contributed by atoms with Crippen LogP contribution >= 0.6 is 11.8 Å². The van der Waals surface area contributed by atoms with Crippen LogP contribution in [0.15, 0.2) is 6.07 Å². The van der Waals surface area contributed by atoms with Gasteiger partial charge in [-0.25, -0.2) is 9.97 Å². The molecule has 0 bridgehead atoms. The van der Waals surface area contributed by atoms with Crippen LogP contribution in [0.4, 0.5) is 5.82 Å². The molecule has 1 aromatic heterocycles. The van der Waals surface area contributed by atoms with Crippen LogP contribution in [-0.4, -0.2) is 27.5 Å². The maximum Gasteiger partial charge on any atom is 0.130 e. The number of hydrogen-bond donors (Lipinski definition) is 1. The lowest BCUT2D eigenvalue weighted by Gasteiger charge is -2.28. The third-order valence-electron chi connectivity index (χ3n) is 3.61. The van der Waals surface area contributed by atoms with Gasteiger partial charge in [0.05, 0.1) is 0 Å². The van der Waals surface area contributed by atoms with E-state index in [1.165, 1.54) is 25.7 Å². The van der Waals surface area contributed by atoms with E-state index in [1.807, 2.05) is 18.7 Å². The smallest absolute Gasteiger partial charge is 0.130 e. The van der Waals surface area contributed by atoms with Crippen molar-refractivity contribution in [3.63, 3.8) is 0 Å². The lowest BCUT2D eigenvalue weighted by molar-refractivity contribution is 0.472. The first-order chi connectivity index (χ1) is 8.71. The van der Waals surface area contributed by atoms with E-state index in [2.05, 4.69) is 34.5 Å². The van der Waals surface area contributed by atoms with Gasteiger partial charge < -0.3 is 5.32 Å². The topological polar surface area (TPSA) is 37.8 Å². The van der Waals surface area contributed by atoms with Gasteiger partial charge >= 0.3 is 0 Å². The second kappa shape index (κ2) is 6.41. The largest absolute Gasteiger partial charge is 0.367 e. The van der Waals surface area contributed by atoms with Gasteiger partial charge in [-0.15, -0.1) is 0 Å². The first-order valence-electron chi connectivity index (χ1n) is 6.85. The van der Waals surface area contributed by atoms with Crippen LogP contribution in [0.1, 0.15) is 44.1 Å². The number of nitrogens with zero attached hydrogens (tertiary/aromatic N) is 2. The average molecular weight is 265 g/mol. The molecule has 1 N–H and O–H groups in total. The van der Waals surface area contributed by atoms with Crippen LogP contribution < -0.4 is 5.32 Å². The van der Waals surface area contributed by atoms with Crippen molar-refractivity contribution in [2.75, 3.05) is 11.6 Å². The predicted molar refractivity (Wildman–Crippen MR) is 79.3 cm³/mol. The molecular formula is C14H23N3S. The lowest BCUT2D eigenvalue weighted by atomic mass is 9.95. The van der Waals surface area contributed by atoms with E-state index in [0.29, 0.717) is 6.04 Å². The highest BCUT2D eigenvalue weighted by Crippen LogP contribution is 2.28. The number of aryl methyl sites for hydroxylation is 2. The predicted octanol–water partition coefficient (Wildman–Crippen LogP) is 3.43. The molecule has 0 spiro atoms. The molecule has 0 radical (unpaired) electrons. The number of thioether (sulfide) groups is 1. The van der Waals surface area contributed by atoms with E-state index in [-0.39, 0.29) is 0 Å². The van der Waals surface area contributed by atoms with E-state index in [9.17, 15) is 0 Å². The van der Waals surface area contributed by atoms with E-state index >= 15 is 0 Å². The molecule has 1 aliphatic rings. The van der Waals surface area contributed by atoms with Crippen molar-refractivity contribution in [3.05, 3.63) is 17.6 Å².